The van der Waals surface area contributed by atoms with Crippen LogP contribution in [0.3, 0.4) is 0 Å². The van der Waals surface area contributed by atoms with E-state index in [1.165, 1.54) is 0 Å². The highest BCUT2D eigenvalue weighted by atomic mass is 16.6. The Hall–Kier alpha value is -0.200. The van der Waals surface area contributed by atoms with Crippen LogP contribution in [0, 0.1) is 0 Å². The van der Waals surface area contributed by atoms with Crippen LogP contribution in [-0.4, -0.2) is 60.5 Å². The molecule has 4 saturated heterocycles. The first-order valence-electron chi connectivity index (χ1n) is 7.97. The maximum absolute atomic E-state index is 9.94. The molecule has 4 fully saturated rings. The van der Waals surface area contributed by atoms with E-state index in [2.05, 4.69) is 0 Å². The molecule has 20 heavy (non-hydrogen) atoms. The Bertz CT molecular complexity index is 328. The summed E-state index contributed by atoms with van der Waals surface area (Å²) in [5, 5.41) is 9.94. The number of ether oxygens (including phenoxy) is 4. The molecule has 0 spiro atoms. The standard InChI is InChI=1S/C15H24O5/c1-8-9(16)5-12-13(18-8)7-15-14(20-12)6-11-10(19-15)3-2-4-17-11/h8-16H,2-7H2,1H3/t8-,9+,10+,11-,12-,13+,14+,15-/m0/s1. The lowest BCUT2D eigenvalue weighted by atomic mass is 9.85. The average molecular weight is 284 g/mol. The highest BCUT2D eigenvalue weighted by Gasteiger charge is 2.49. The van der Waals surface area contributed by atoms with E-state index in [0.29, 0.717) is 6.42 Å². The Labute approximate surface area is 119 Å². The van der Waals surface area contributed by atoms with Gasteiger partial charge >= 0.3 is 0 Å². The topological polar surface area (TPSA) is 57.2 Å². The van der Waals surface area contributed by atoms with E-state index in [-0.39, 0.29) is 42.7 Å². The molecule has 0 bridgehead atoms. The fourth-order valence-electron chi connectivity index (χ4n) is 4.07. The molecule has 1 N–H and O–H groups in total. The SMILES string of the molecule is C[C@@H]1O[C@@H]2C[C@@H]3O[C@@H]4CCCO[C@H]4C[C@H]3O[C@H]2C[C@H]1O. The Morgan fingerprint density at radius 2 is 1.45 bits per heavy atom. The second-order valence-electron chi connectivity index (χ2n) is 6.63. The van der Waals surface area contributed by atoms with Gasteiger partial charge in [-0.05, 0) is 19.8 Å². The van der Waals surface area contributed by atoms with Crippen molar-refractivity contribution in [1.29, 1.82) is 0 Å². The van der Waals surface area contributed by atoms with Crippen LogP contribution in [0.15, 0.2) is 0 Å². The zero-order valence-electron chi connectivity index (χ0n) is 11.9. The van der Waals surface area contributed by atoms with Gasteiger partial charge in [0, 0.05) is 25.9 Å². The summed E-state index contributed by atoms with van der Waals surface area (Å²) in [6.07, 6.45) is 4.85. The van der Waals surface area contributed by atoms with E-state index in [1.807, 2.05) is 6.92 Å². The summed E-state index contributed by atoms with van der Waals surface area (Å²) in [4.78, 5) is 0. The Kier molecular flexibility index (Phi) is 3.51. The van der Waals surface area contributed by atoms with E-state index in [9.17, 15) is 5.11 Å². The second kappa shape index (κ2) is 5.21. The van der Waals surface area contributed by atoms with Crippen LogP contribution < -0.4 is 0 Å². The number of aliphatic hydroxyl groups excluding tert-OH is 1. The molecule has 0 amide bonds. The van der Waals surface area contributed by atoms with Gasteiger partial charge in [-0.3, -0.25) is 0 Å². The molecule has 5 heteroatoms. The second-order valence-corrected chi connectivity index (χ2v) is 6.63. The van der Waals surface area contributed by atoms with Gasteiger partial charge in [-0.25, -0.2) is 0 Å². The van der Waals surface area contributed by atoms with Gasteiger partial charge in [0.2, 0.25) is 0 Å². The summed E-state index contributed by atoms with van der Waals surface area (Å²) in [6, 6.07) is 0. The number of hydrogen-bond donors (Lipinski definition) is 1. The minimum atomic E-state index is -0.420. The zero-order valence-corrected chi connectivity index (χ0v) is 11.9. The van der Waals surface area contributed by atoms with Gasteiger partial charge in [0.05, 0.1) is 48.8 Å². The first-order valence-corrected chi connectivity index (χ1v) is 7.97. The quantitative estimate of drug-likeness (QED) is 0.720. The summed E-state index contributed by atoms with van der Waals surface area (Å²) in [7, 11) is 0. The third-order valence-electron chi connectivity index (χ3n) is 5.24. The van der Waals surface area contributed by atoms with Crippen LogP contribution in [0.2, 0.25) is 0 Å². The highest BCUT2D eigenvalue weighted by Crippen LogP contribution is 2.39. The molecule has 4 aliphatic heterocycles. The van der Waals surface area contributed by atoms with Crippen molar-refractivity contribution in [2.75, 3.05) is 6.61 Å². The molecule has 0 unspecified atom stereocenters. The summed E-state index contributed by atoms with van der Waals surface area (Å²) < 4.78 is 24.1. The molecule has 8 atom stereocenters. The van der Waals surface area contributed by atoms with Crippen molar-refractivity contribution in [3.05, 3.63) is 0 Å². The van der Waals surface area contributed by atoms with Gasteiger partial charge < -0.3 is 24.1 Å². The smallest absolute Gasteiger partial charge is 0.0868 e. The molecule has 0 saturated carbocycles. The van der Waals surface area contributed by atoms with Gasteiger partial charge in [0.1, 0.15) is 0 Å². The summed E-state index contributed by atoms with van der Waals surface area (Å²) in [5.41, 5.74) is 0. The van der Waals surface area contributed by atoms with Crippen molar-refractivity contribution in [2.24, 2.45) is 0 Å². The molecule has 4 rings (SSSR count). The van der Waals surface area contributed by atoms with Crippen molar-refractivity contribution in [1.82, 2.24) is 0 Å². The summed E-state index contributed by atoms with van der Waals surface area (Å²) in [5.74, 6) is 0. The van der Waals surface area contributed by atoms with Crippen molar-refractivity contribution >= 4 is 0 Å². The van der Waals surface area contributed by atoms with E-state index >= 15 is 0 Å². The molecule has 0 aromatic rings. The third-order valence-corrected chi connectivity index (χ3v) is 5.24. The first-order chi connectivity index (χ1) is 9.70. The zero-order chi connectivity index (χ0) is 13.7. The largest absolute Gasteiger partial charge is 0.390 e. The van der Waals surface area contributed by atoms with Crippen LogP contribution in [0.1, 0.15) is 39.0 Å². The van der Waals surface area contributed by atoms with Crippen LogP contribution in [0.25, 0.3) is 0 Å². The van der Waals surface area contributed by atoms with Gasteiger partial charge in [-0.2, -0.15) is 0 Å². The first kappa shape index (κ1) is 13.5. The van der Waals surface area contributed by atoms with Crippen molar-refractivity contribution in [3.63, 3.8) is 0 Å². The fraction of sp³-hybridized carbons (Fsp3) is 1.00. The van der Waals surface area contributed by atoms with E-state index < -0.39 is 6.10 Å². The normalized spacial score (nSPS) is 55.5. The lowest BCUT2D eigenvalue weighted by Crippen LogP contribution is -2.60. The molecular formula is C15H24O5. The molecule has 114 valence electrons. The molecule has 0 aromatic heterocycles. The summed E-state index contributed by atoms with van der Waals surface area (Å²) in [6.45, 7) is 2.77. The maximum atomic E-state index is 9.94. The van der Waals surface area contributed by atoms with Crippen LogP contribution in [0.5, 0.6) is 0 Å². The molecule has 0 radical (unpaired) electrons. The molecule has 5 nitrogen and oxygen atoms in total. The number of rotatable bonds is 0. The highest BCUT2D eigenvalue weighted by molar-refractivity contribution is 4.97. The maximum Gasteiger partial charge on any atom is 0.0868 e. The Morgan fingerprint density at radius 1 is 0.800 bits per heavy atom. The van der Waals surface area contributed by atoms with Crippen LogP contribution in [0.4, 0.5) is 0 Å². The molecule has 4 heterocycles. The van der Waals surface area contributed by atoms with Gasteiger partial charge in [0.25, 0.3) is 0 Å². The van der Waals surface area contributed by atoms with Gasteiger partial charge in [-0.15, -0.1) is 0 Å². The molecular weight excluding hydrogens is 260 g/mol. The monoisotopic (exact) mass is 284 g/mol. The Balaban J connectivity index is 1.46. The number of aliphatic hydroxyl groups is 1. The van der Waals surface area contributed by atoms with Gasteiger partial charge in [-0.1, -0.05) is 0 Å². The Morgan fingerprint density at radius 3 is 2.30 bits per heavy atom. The average Bonchev–Trinajstić information content (AvgIpc) is 2.44. The van der Waals surface area contributed by atoms with E-state index in [4.69, 9.17) is 18.9 Å². The number of fused-ring (bicyclic) bond motifs is 3. The lowest BCUT2D eigenvalue weighted by molar-refractivity contribution is -0.287. The minimum absolute atomic E-state index is 0.00573. The molecule has 0 aromatic carbocycles. The lowest BCUT2D eigenvalue weighted by Gasteiger charge is -2.51. The van der Waals surface area contributed by atoms with E-state index in [0.717, 1.165) is 32.3 Å². The third kappa shape index (κ3) is 2.29. The van der Waals surface area contributed by atoms with Gasteiger partial charge in [0.15, 0.2) is 0 Å². The van der Waals surface area contributed by atoms with Crippen molar-refractivity contribution < 1.29 is 24.1 Å². The van der Waals surface area contributed by atoms with Crippen LogP contribution >= 0.6 is 0 Å². The molecule has 4 aliphatic rings. The predicted octanol–water partition coefficient (Wildman–Crippen LogP) is 1.02. The van der Waals surface area contributed by atoms with Crippen LogP contribution in [-0.2, 0) is 18.9 Å². The van der Waals surface area contributed by atoms with Crippen molar-refractivity contribution in [3.8, 4) is 0 Å². The van der Waals surface area contributed by atoms with Crippen molar-refractivity contribution in [2.45, 2.75) is 87.9 Å². The minimum Gasteiger partial charge on any atom is -0.390 e. The summed E-state index contributed by atoms with van der Waals surface area (Å²) >= 11 is 0. The molecule has 0 aliphatic carbocycles. The fourth-order valence-corrected chi connectivity index (χ4v) is 4.07. The van der Waals surface area contributed by atoms with E-state index in [1.54, 1.807) is 0 Å². The predicted molar refractivity (Wildman–Crippen MR) is 70.5 cm³/mol. The number of hydrogen-bond acceptors (Lipinski definition) is 5.